The third-order valence-corrected chi connectivity index (χ3v) is 3.83. The van der Waals surface area contributed by atoms with Crippen molar-refractivity contribution in [1.29, 1.82) is 0 Å². The average molecular weight is 250 g/mol. The van der Waals surface area contributed by atoms with E-state index in [9.17, 15) is 0 Å². The molecule has 0 aliphatic carbocycles. The fourth-order valence-corrected chi connectivity index (χ4v) is 2.59. The van der Waals surface area contributed by atoms with Crippen molar-refractivity contribution >= 4 is 0 Å². The molecule has 0 aromatic carbocycles. The van der Waals surface area contributed by atoms with Gasteiger partial charge in [0, 0.05) is 31.5 Å². The molecule has 0 amide bonds. The Morgan fingerprint density at radius 1 is 1.28 bits per heavy atom. The van der Waals surface area contributed by atoms with E-state index in [2.05, 4.69) is 37.1 Å². The van der Waals surface area contributed by atoms with E-state index in [4.69, 9.17) is 4.74 Å². The minimum Gasteiger partial charge on any atom is -0.377 e. The first-order valence-corrected chi connectivity index (χ1v) is 6.90. The van der Waals surface area contributed by atoms with Gasteiger partial charge in [0.05, 0.1) is 5.60 Å². The third-order valence-electron chi connectivity index (χ3n) is 3.83. The van der Waals surface area contributed by atoms with Crippen LogP contribution in [0.2, 0.25) is 0 Å². The minimum absolute atomic E-state index is 0.104. The lowest BCUT2D eigenvalue weighted by Crippen LogP contribution is -2.52. The number of nitrogens with zero attached hydrogens (tertiary/aromatic N) is 1. The Kier molecular flexibility index (Phi) is 6.30. The van der Waals surface area contributed by atoms with Gasteiger partial charge in [0.1, 0.15) is 0 Å². The normalized spacial score (nSPS) is 13.6. The number of hydrogen-bond donors (Lipinski definition) is 1. The Balaban J connectivity index is 2.87. The fraction of sp³-hybridized carbons (Fsp3) is 0.667. The molecule has 1 N–H and O–H groups in total. The number of pyridine rings is 1. The number of nitrogens with one attached hydrogen (secondary N) is 1. The molecule has 0 spiro atoms. The molecule has 1 heterocycles. The Labute approximate surface area is 111 Å². The van der Waals surface area contributed by atoms with E-state index in [1.807, 2.05) is 25.4 Å². The largest absolute Gasteiger partial charge is 0.377 e. The van der Waals surface area contributed by atoms with Gasteiger partial charge >= 0.3 is 0 Å². The van der Waals surface area contributed by atoms with Gasteiger partial charge in [-0.15, -0.1) is 0 Å². The maximum absolute atomic E-state index is 5.83. The molecule has 0 saturated carbocycles. The van der Waals surface area contributed by atoms with Gasteiger partial charge in [0.25, 0.3) is 0 Å². The summed E-state index contributed by atoms with van der Waals surface area (Å²) in [6.07, 6.45) is 4.77. The van der Waals surface area contributed by atoms with Crippen LogP contribution in [-0.2, 0) is 11.2 Å². The van der Waals surface area contributed by atoms with Crippen molar-refractivity contribution in [3.8, 4) is 0 Å². The molecule has 0 aliphatic heterocycles. The SMILES string of the molecule is CCNC(Cc1ccccn1)C(CC)(CC)OC. The highest BCUT2D eigenvalue weighted by Gasteiger charge is 2.35. The Morgan fingerprint density at radius 2 is 2.00 bits per heavy atom. The van der Waals surface area contributed by atoms with Crippen molar-refractivity contribution in [2.24, 2.45) is 0 Å². The molecule has 1 rings (SSSR count). The van der Waals surface area contributed by atoms with Crippen LogP contribution in [0, 0.1) is 0 Å². The summed E-state index contributed by atoms with van der Waals surface area (Å²) >= 11 is 0. The molecule has 18 heavy (non-hydrogen) atoms. The summed E-state index contributed by atoms with van der Waals surface area (Å²) in [6, 6.07) is 6.38. The van der Waals surface area contributed by atoms with E-state index in [1.54, 1.807) is 0 Å². The summed E-state index contributed by atoms with van der Waals surface area (Å²) in [6.45, 7) is 7.46. The molecule has 1 atom stereocenters. The van der Waals surface area contributed by atoms with Gasteiger partial charge in [0.15, 0.2) is 0 Å². The Morgan fingerprint density at radius 3 is 2.44 bits per heavy atom. The smallest absolute Gasteiger partial charge is 0.0829 e. The van der Waals surface area contributed by atoms with E-state index >= 15 is 0 Å². The van der Waals surface area contributed by atoms with Gasteiger partial charge < -0.3 is 10.1 Å². The fourth-order valence-electron chi connectivity index (χ4n) is 2.59. The number of likely N-dealkylation sites (N-methyl/N-ethyl adjacent to an activating group) is 1. The molecule has 1 unspecified atom stereocenters. The lowest BCUT2D eigenvalue weighted by atomic mass is 9.85. The Bertz CT molecular complexity index is 314. The van der Waals surface area contributed by atoms with Crippen LogP contribution in [0.5, 0.6) is 0 Å². The number of aromatic nitrogens is 1. The molecular formula is C15H26N2O. The quantitative estimate of drug-likeness (QED) is 0.770. The van der Waals surface area contributed by atoms with Crippen molar-refractivity contribution in [2.75, 3.05) is 13.7 Å². The third kappa shape index (κ3) is 3.53. The molecule has 0 fully saturated rings. The van der Waals surface area contributed by atoms with Crippen molar-refractivity contribution < 1.29 is 4.74 Å². The van der Waals surface area contributed by atoms with Crippen LogP contribution in [0.15, 0.2) is 24.4 Å². The van der Waals surface area contributed by atoms with E-state index in [0.29, 0.717) is 6.04 Å². The van der Waals surface area contributed by atoms with Gasteiger partial charge in [-0.3, -0.25) is 4.98 Å². The molecule has 0 radical (unpaired) electrons. The van der Waals surface area contributed by atoms with E-state index in [1.165, 1.54) is 0 Å². The maximum atomic E-state index is 5.83. The standard InChI is InChI=1S/C15H26N2O/c1-5-15(6-2,18-4)14(16-7-3)12-13-10-8-9-11-17-13/h8-11,14,16H,5-7,12H2,1-4H3. The van der Waals surface area contributed by atoms with Gasteiger partial charge in [-0.05, 0) is 31.5 Å². The minimum atomic E-state index is -0.104. The van der Waals surface area contributed by atoms with E-state index in [-0.39, 0.29) is 5.60 Å². The van der Waals surface area contributed by atoms with Gasteiger partial charge in [-0.2, -0.15) is 0 Å². The molecule has 1 aromatic heterocycles. The molecule has 1 aromatic rings. The van der Waals surface area contributed by atoms with E-state index < -0.39 is 0 Å². The monoisotopic (exact) mass is 250 g/mol. The van der Waals surface area contributed by atoms with Gasteiger partial charge in [-0.25, -0.2) is 0 Å². The molecule has 0 bridgehead atoms. The molecule has 0 saturated heterocycles. The van der Waals surface area contributed by atoms with Crippen LogP contribution in [0.25, 0.3) is 0 Å². The number of methoxy groups -OCH3 is 1. The van der Waals surface area contributed by atoms with Crippen LogP contribution in [0.4, 0.5) is 0 Å². The average Bonchev–Trinajstić information content (AvgIpc) is 2.43. The highest BCUT2D eigenvalue weighted by Crippen LogP contribution is 2.26. The van der Waals surface area contributed by atoms with Gasteiger partial charge in [0.2, 0.25) is 0 Å². The van der Waals surface area contributed by atoms with Gasteiger partial charge in [-0.1, -0.05) is 26.8 Å². The maximum Gasteiger partial charge on any atom is 0.0829 e. The lowest BCUT2D eigenvalue weighted by molar-refractivity contribution is -0.0470. The first-order valence-electron chi connectivity index (χ1n) is 6.90. The zero-order chi connectivity index (χ0) is 13.4. The molecular weight excluding hydrogens is 224 g/mol. The zero-order valence-corrected chi connectivity index (χ0v) is 12.1. The summed E-state index contributed by atoms with van der Waals surface area (Å²) < 4.78 is 5.83. The van der Waals surface area contributed by atoms with Crippen LogP contribution >= 0.6 is 0 Å². The zero-order valence-electron chi connectivity index (χ0n) is 12.1. The van der Waals surface area contributed by atoms with Crippen LogP contribution < -0.4 is 5.32 Å². The number of rotatable bonds is 8. The first kappa shape index (κ1) is 15.1. The first-order chi connectivity index (χ1) is 8.72. The predicted molar refractivity (Wildman–Crippen MR) is 75.7 cm³/mol. The van der Waals surface area contributed by atoms with Crippen LogP contribution in [0.1, 0.15) is 39.3 Å². The second kappa shape index (κ2) is 7.49. The molecule has 3 heteroatoms. The molecule has 3 nitrogen and oxygen atoms in total. The van der Waals surface area contributed by atoms with E-state index in [0.717, 1.165) is 31.5 Å². The van der Waals surface area contributed by atoms with Crippen LogP contribution in [0.3, 0.4) is 0 Å². The summed E-state index contributed by atoms with van der Waals surface area (Å²) in [7, 11) is 1.82. The van der Waals surface area contributed by atoms with Crippen LogP contribution in [-0.4, -0.2) is 30.3 Å². The van der Waals surface area contributed by atoms with Crippen molar-refractivity contribution in [2.45, 2.75) is 51.7 Å². The Hall–Kier alpha value is -0.930. The summed E-state index contributed by atoms with van der Waals surface area (Å²) in [5, 5.41) is 3.56. The second-order valence-electron chi connectivity index (χ2n) is 4.61. The molecule has 102 valence electrons. The van der Waals surface area contributed by atoms with Crippen molar-refractivity contribution in [3.63, 3.8) is 0 Å². The van der Waals surface area contributed by atoms with Crippen molar-refractivity contribution in [3.05, 3.63) is 30.1 Å². The predicted octanol–water partition coefficient (Wildman–Crippen LogP) is 2.81. The summed E-state index contributed by atoms with van der Waals surface area (Å²) in [4.78, 5) is 4.42. The highest BCUT2D eigenvalue weighted by molar-refractivity contribution is 5.08. The highest BCUT2D eigenvalue weighted by atomic mass is 16.5. The second-order valence-corrected chi connectivity index (χ2v) is 4.61. The number of ether oxygens (including phenoxy) is 1. The lowest BCUT2D eigenvalue weighted by Gasteiger charge is -2.39. The summed E-state index contributed by atoms with van der Waals surface area (Å²) in [5.74, 6) is 0. The topological polar surface area (TPSA) is 34.2 Å². The number of hydrogen-bond acceptors (Lipinski definition) is 3. The summed E-state index contributed by atoms with van der Waals surface area (Å²) in [5.41, 5.74) is 1.01. The van der Waals surface area contributed by atoms with Crippen molar-refractivity contribution in [1.82, 2.24) is 10.3 Å². The molecule has 0 aliphatic rings.